The van der Waals surface area contributed by atoms with Crippen LogP contribution >= 0.6 is 11.6 Å². The highest BCUT2D eigenvalue weighted by molar-refractivity contribution is 6.30. The number of hydrogen-bond donors (Lipinski definition) is 1. The van der Waals surface area contributed by atoms with Crippen LogP contribution in [0.25, 0.3) is 22.5 Å². The summed E-state index contributed by atoms with van der Waals surface area (Å²) in [5.74, 6) is 1.07. The van der Waals surface area contributed by atoms with E-state index >= 15 is 0 Å². The van der Waals surface area contributed by atoms with Crippen molar-refractivity contribution in [1.29, 1.82) is 0 Å². The minimum atomic E-state index is -0.0250. The van der Waals surface area contributed by atoms with E-state index in [1.165, 1.54) is 32.1 Å². The molecule has 3 heterocycles. The maximum absolute atomic E-state index is 13.6. The second kappa shape index (κ2) is 11.2. The lowest BCUT2D eigenvalue weighted by Crippen LogP contribution is -2.28. The molecule has 36 heavy (non-hydrogen) atoms. The highest BCUT2D eigenvalue weighted by Crippen LogP contribution is 2.28. The van der Waals surface area contributed by atoms with Crippen molar-refractivity contribution < 1.29 is 0 Å². The van der Waals surface area contributed by atoms with Gasteiger partial charge in [0.15, 0.2) is 0 Å². The molecule has 188 valence electrons. The molecule has 0 unspecified atom stereocenters. The Balaban J connectivity index is 1.45. The van der Waals surface area contributed by atoms with Gasteiger partial charge in [0.25, 0.3) is 0 Å². The van der Waals surface area contributed by atoms with E-state index in [1.54, 1.807) is 10.8 Å². The Bertz CT molecular complexity index is 1350. The number of aromatic nitrogens is 7. The zero-order valence-corrected chi connectivity index (χ0v) is 21.4. The summed E-state index contributed by atoms with van der Waals surface area (Å²) >= 11 is 6.85. The van der Waals surface area contributed by atoms with Crippen LogP contribution in [0.2, 0.25) is 5.15 Å². The minimum absolute atomic E-state index is 0.0250. The van der Waals surface area contributed by atoms with Crippen molar-refractivity contribution in [2.75, 3.05) is 0 Å². The van der Waals surface area contributed by atoms with Crippen molar-refractivity contribution in [3.63, 3.8) is 0 Å². The summed E-state index contributed by atoms with van der Waals surface area (Å²) in [6, 6.07) is 12.0. The SMILES string of the molecule is CCCCc1c(Cl)n(CC2CCCCC2)c(=O)n1Cc1cc(-c2cccc(-c3nn[nH]n3)c2)ccn1. The molecule has 1 N–H and O–H groups in total. The van der Waals surface area contributed by atoms with Crippen LogP contribution in [0.5, 0.6) is 0 Å². The molecule has 1 aliphatic rings. The predicted octanol–water partition coefficient (Wildman–Crippen LogP) is 5.52. The number of nitrogens with one attached hydrogen (secondary N) is 1. The van der Waals surface area contributed by atoms with Gasteiger partial charge in [-0.25, -0.2) is 4.79 Å². The summed E-state index contributed by atoms with van der Waals surface area (Å²) in [5.41, 5.74) is 4.63. The molecule has 1 aromatic carbocycles. The first-order valence-electron chi connectivity index (χ1n) is 12.9. The molecule has 0 atom stereocenters. The fraction of sp³-hybridized carbons (Fsp3) is 0.444. The van der Waals surface area contributed by atoms with Crippen molar-refractivity contribution in [2.24, 2.45) is 5.92 Å². The van der Waals surface area contributed by atoms with Gasteiger partial charge in [-0.3, -0.25) is 14.1 Å². The molecule has 1 fully saturated rings. The summed E-state index contributed by atoms with van der Waals surface area (Å²) in [6.07, 6.45) is 10.7. The first-order valence-corrected chi connectivity index (χ1v) is 13.3. The highest BCUT2D eigenvalue weighted by Gasteiger charge is 2.22. The average molecular weight is 506 g/mol. The van der Waals surface area contributed by atoms with Gasteiger partial charge in [0.2, 0.25) is 5.82 Å². The van der Waals surface area contributed by atoms with Crippen LogP contribution in [-0.4, -0.2) is 34.7 Å². The van der Waals surface area contributed by atoms with Crippen LogP contribution in [0.4, 0.5) is 0 Å². The standard InChI is InChI=1S/C27H32ClN7O/c1-2-3-12-24-25(28)35(17-19-8-5-4-6-9-19)27(36)34(24)18-23-16-21(13-14-29-23)20-10-7-11-22(15-20)26-30-32-33-31-26/h7,10-11,13-16,19H,2-6,8-9,12,17-18H2,1H3,(H,30,31,32,33). The number of nitrogens with zero attached hydrogens (tertiary/aromatic N) is 6. The number of pyridine rings is 1. The van der Waals surface area contributed by atoms with Crippen molar-refractivity contribution >= 4 is 11.6 Å². The van der Waals surface area contributed by atoms with E-state index in [0.717, 1.165) is 47.3 Å². The van der Waals surface area contributed by atoms with Gasteiger partial charge in [0.05, 0.1) is 17.9 Å². The number of H-pyrrole nitrogens is 1. The zero-order valence-electron chi connectivity index (χ0n) is 20.7. The second-order valence-corrected chi connectivity index (χ2v) is 10.0. The molecule has 9 heteroatoms. The molecule has 5 rings (SSSR count). The number of benzene rings is 1. The Kier molecular flexibility index (Phi) is 7.60. The fourth-order valence-electron chi connectivity index (χ4n) is 5.17. The molecule has 8 nitrogen and oxygen atoms in total. The molecule has 0 bridgehead atoms. The average Bonchev–Trinajstić information content (AvgIpc) is 3.53. The third-order valence-corrected chi connectivity index (χ3v) is 7.55. The number of tetrazole rings is 1. The Morgan fingerprint density at radius 1 is 1.06 bits per heavy atom. The van der Waals surface area contributed by atoms with Gasteiger partial charge in [-0.15, -0.1) is 10.2 Å². The fourth-order valence-corrected chi connectivity index (χ4v) is 5.51. The summed E-state index contributed by atoms with van der Waals surface area (Å²) in [4.78, 5) is 18.2. The molecule has 0 saturated heterocycles. The molecular weight excluding hydrogens is 474 g/mol. The molecule has 3 aromatic heterocycles. The molecule has 1 saturated carbocycles. The van der Waals surface area contributed by atoms with E-state index in [2.05, 4.69) is 32.5 Å². The number of imidazole rings is 1. The van der Waals surface area contributed by atoms with Crippen LogP contribution in [-0.2, 0) is 19.5 Å². The lowest BCUT2D eigenvalue weighted by Gasteiger charge is -2.21. The Morgan fingerprint density at radius 3 is 2.64 bits per heavy atom. The van der Waals surface area contributed by atoms with Crippen LogP contribution in [0, 0.1) is 5.92 Å². The van der Waals surface area contributed by atoms with Gasteiger partial charge in [0.1, 0.15) is 5.15 Å². The van der Waals surface area contributed by atoms with Crippen molar-refractivity contribution in [3.8, 4) is 22.5 Å². The van der Waals surface area contributed by atoms with Crippen molar-refractivity contribution in [3.05, 3.63) is 69.6 Å². The van der Waals surface area contributed by atoms with Gasteiger partial charge in [-0.05, 0) is 66.1 Å². The van der Waals surface area contributed by atoms with Gasteiger partial charge >= 0.3 is 5.69 Å². The van der Waals surface area contributed by atoms with E-state index < -0.39 is 0 Å². The van der Waals surface area contributed by atoms with E-state index in [1.807, 2.05) is 41.0 Å². The van der Waals surface area contributed by atoms with E-state index in [-0.39, 0.29) is 5.69 Å². The third-order valence-electron chi connectivity index (χ3n) is 7.13. The number of rotatable bonds is 9. The molecular formula is C27H32ClN7O. The number of hydrogen-bond acceptors (Lipinski definition) is 5. The van der Waals surface area contributed by atoms with E-state index in [4.69, 9.17) is 11.6 Å². The molecule has 0 aliphatic heterocycles. The summed E-state index contributed by atoms with van der Waals surface area (Å²) in [5, 5.41) is 14.9. The smallest absolute Gasteiger partial charge is 0.289 e. The van der Waals surface area contributed by atoms with E-state index in [9.17, 15) is 4.79 Å². The third kappa shape index (κ3) is 5.28. The van der Waals surface area contributed by atoms with Gasteiger partial charge in [-0.1, -0.05) is 62.4 Å². The first-order chi connectivity index (χ1) is 17.6. The molecule has 4 aromatic rings. The Labute approximate surface area is 215 Å². The topological polar surface area (TPSA) is 94.3 Å². The van der Waals surface area contributed by atoms with Crippen LogP contribution in [0.15, 0.2) is 47.4 Å². The van der Waals surface area contributed by atoms with Crippen LogP contribution in [0.3, 0.4) is 0 Å². The number of halogens is 1. The lowest BCUT2D eigenvalue weighted by atomic mass is 9.89. The minimum Gasteiger partial charge on any atom is -0.289 e. The monoisotopic (exact) mass is 505 g/mol. The maximum Gasteiger partial charge on any atom is 0.329 e. The quantitative estimate of drug-likeness (QED) is 0.323. The van der Waals surface area contributed by atoms with E-state index in [0.29, 0.717) is 30.0 Å². The van der Waals surface area contributed by atoms with Crippen LogP contribution < -0.4 is 5.69 Å². The zero-order chi connectivity index (χ0) is 24.9. The van der Waals surface area contributed by atoms with Crippen molar-refractivity contribution in [1.82, 2.24) is 34.7 Å². The summed E-state index contributed by atoms with van der Waals surface area (Å²) in [7, 11) is 0. The molecule has 0 spiro atoms. The largest absolute Gasteiger partial charge is 0.329 e. The summed E-state index contributed by atoms with van der Waals surface area (Å²) < 4.78 is 3.64. The number of aromatic amines is 1. The molecule has 0 radical (unpaired) electrons. The Hall–Kier alpha value is -3.26. The Morgan fingerprint density at radius 2 is 1.86 bits per heavy atom. The van der Waals surface area contributed by atoms with Gasteiger partial charge in [0, 0.05) is 18.3 Å². The van der Waals surface area contributed by atoms with Crippen LogP contribution in [0.1, 0.15) is 63.3 Å². The normalized spacial score (nSPS) is 14.4. The number of unbranched alkanes of at least 4 members (excludes halogenated alkanes) is 1. The second-order valence-electron chi connectivity index (χ2n) is 9.68. The summed E-state index contributed by atoms with van der Waals surface area (Å²) in [6.45, 7) is 3.26. The molecule has 1 aliphatic carbocycles. The lowest BCUT2D eigenvalue weighted by molar-refractivity contribution is 0.315. The maximum atomic E-state index is 13.6. The highest BCUT2D eigenvalue weighted by atomic mass is 35.5. The molecule has 0 amide bonds. The predicted molar refractivity (Wildman–Crippen MR) is 141 cm³/mol. The van der Waals surface area contributed by atoms with Gasteiger partial charge < -0.3 is 0 Å². The van der Waals surface area contributed by atoms with Crippen molar-refractivity contribution in [2.45, 2.75) is 71.4 Å². The first kappa shape index (κ1) is 24.4. The van der Waals surface area contributed by atoms with Gasteiger partial charge in [-0.2, -0.15) is 5.21 Å².